The Balaban J connectivity index is 3.96. The lowest BCUT2D eigenvalue weighted by Gasteiger charge is -2.23. The maximum atomic E-state index is 4.02. The summed E-state index contributed by atoms with van der Waals surface area (Å²) in [4.78, 5) is 0. The fourth-order valence-corrected chi connectivity index (χ4v) is 2.09. The van der Waals surface area contributed by atoms with Crippen molar-refractivity contribution in [1.82, 2.24) is 5.32 Å². The standard InChI is InChI=1S/C16H33N/c1-14(2)9-10-15(8-7-13-17-6)11-12-16(3,4)5/h15,17H,1,7-13H2,2-6H3. The summed E-state index contributed by atoms with van der Waals surface area (Å²) in [7, 11) is 2.04. The molecule has 0 saturated carbocycles. The monoisotopic (exact) mass is 239 g/mol. The van der Waals surface area contributed by atoms with Crippen molar-refractivity contribution in [3.63, 3.8) is 0 Å². The Morgan fingerprint density at radius 2 is 1.82 bits per heavy atom. The summed E-state index contributed by atoms with van der Waals surface area (Å²) in [6, 6.07) is 0. The van der Waals surface area contributed by atoms with Crippen LogP contribution in [-0.2, 0) is 0 Å². The molecule has 0 aliphatic heterocycles. The summed E-state index contributed by atoms with van der Waals surface area (Å²) in [5, 5.41) is 3.24. The molecule has 1 N–H and O–H groups in total. The number of hydrogen-bond donors (Lipinski definition) is 1. The number of hydrogen-bond acceptors (Lipinski definition) is 1. The predicted molar refractivity (Wildman–Crippen MR) is 79.4 cm³/mol. The van der Waals surface area contributed by atoms with E-state index in [0.29, 0.717) is 5.41 Å². The smallest absolute Gasteiger partial charge is 0.00518 e. The molecule has 1 heteroatoms. The third-order valence-electron chi connectivity index (χ3n) is 3.32. The van der Waals surface area contributed by atoms with Crippen molar-refractivity contribution in [2.45, 2.75) is 66.2 Å². The van der Waals surface area contributed by atoms with Crippen LogP contribution in [0.4, 0.5) is 0 Å². The van der Waals surface area contributed by atoms with Crippen molar-refractivity contribution in [2.75, 3.05) is 13.6 Å². The van der Waals surface area contributed by atoms with E-state index in [2.05, 4.69) is 39.6 Å². The van der Waals surface area contributed by atoms with Crippen LogP contribution in [0.3, 0.4) is 0 Å². The highest BCUT2D eigenvalue weighted by molar-refractivity contribution is 4.88. The van der Waals surface area contributed by atoms with Crippen LogP contribution in [0.25, 0.3) is 0 Å². The molecule has 102 valence electrons. The molecule has 0 amide bonds. The second-order valence-corrected chi connectivity index (χ2v) is 6.71. The van der Waals surface area contributed by atoms with Gasteiger partial charge < -0.3 is 5.32 Å². The molecule has 0 saturated heterocycles. The van der Waals surface area contributed by atoms with Crippen LogP contribution in [-0.4, -0.2) is 13.6 Å². The van der Waals surface area contributed by atoms with Gasteiger partial charge in [0.25, 0.3) is 0 Å². The van der Waals surface area contributed by atoms with Crippen LogP contribution in [0, 0.1) is 11.3 Å². The van der Waals surface area contributed by atoms with E-state index in [1.54, 1.807) is 0 Å². The lowest BCUT2D eigenvalue weighted by molar-refractivity contribution is 0.300. The Labute approximate surface area is 109 Å². The molecular formula is C16H33N. The molecule has 0 rings (SSSR count). The molecule has 1 atom stereocenters. The second-order valence-electron chi connectivity index (χ2n) is 6.71. The van der Waals surface area contributed by atoms with Gasteiger partial charge in [0.15, 0.2) is 0 Å². The average Bonchev–Trinajstić information content (AvgIpc) is 2.20. The first-order chi connectivity index (χ1) is 7.85. The van der Waals surface area contributed by atoms with Gasteiger partial charge in [-0.2, -0.15) is 0 Å². The first kappa shape index (κ1) is 16.7. The average molecular weight is 239 g/mol. The number of rotatable bonds is 9. The Bertz CT molecular complexity index is 200. The van der Waals surface area contributed by atoms with Crippen LogP contribution >= 0.6 is 0 Å². The molecule has 1 nitrogen and oxygen atoms in total. The van der Waals surface area contributed by atoms with E-state index >= 15 is 0 Å². The topological polar surface area (TPSA) is 12.0 Å². The van der Waals surface area contributed by atoms with Gasteiger partial charge in [-0.05, 0) is 70.4 Å². The molecule has 0 aromatic rings. The van der Waals surface area contributed by atoms with Gasteiger partial charge >= 0.3 is 0 Å². The van der Waals surface area contributed by atoms with Crippen molar-refractivity contribution >= 4 is 0 Å². The van der Waals surface area contributed by atoms with E-state index in [0.717, 1.165) is 12.5 Å². The molecule has 0 aromatic heterocycles. The highest BCUT2D eigenvalue weighted by Crippen LogP contribution is 2.28. The minimum absolute atomic E-state index is 0.477. The zero-order valence-electron chi connectivity index (χ0n) is 12.7. The summed E-state index contributed by atoms with van der Waals surface area (Å²) in [6.07, 6.45) is 7.92. The first-order valence-electron chi connectivity index (χ1n) is 7.14. The van der Waals surface area contributed by atoms with E-state index in [1.807, 2.05) is 7.05 Å². The Hall–Kier alpha value is -0.300. The zero-order valence-corrected chi connectivity index (χ0v) is 12.7. The maximum absolute atomic E-state index is 4.02. The summed E-state index contributed by atoms with van der Waals surface area (Å²) in [6.45, 7) is 14.4. The summed E-state index contributed by atoms with van der Waals surface area (Å²) < 4.78 is 0. The van der Waals surface area contributed by atoms with Crippen LogP contribution in [0.5, 0.6) is 0 Å². The third-order valence-corrected chi connectivity index (χ3v) is 3.32. The third kappa shape index (κ3) is 12.0. The molecule has 0 fully saturated rings. The van der Waals surface area contributed by atoms with Gasteiger partial charge in [0, 0.05) is 0 Å². The van der Waals surface area contributed by atoms with E-state index in [1.165, 1.54) is 44.1 Å². The van der Waals surface area contributed by atoms with Gasteiger partial charge in [-0.3, -0.25) is 0 Å². The summed E-state index contributed by atoms with van der Waals surface area (Å²) in [5.74, 6) is 0.888. The van der Waals surface area contributed by atoms with E-state index < -0.39 is 0 Å². The molecule has 1 unspecified atom stereocenters. The van der Waals surface area contributed by atoms with Crippen molar-refractivity contribution in [3.05, 3.63) is 12.2 Å². The lowest BCUT2D eigenvalue weighted by atomic mass is 9.83. The molecule has 0 bridgehead atoms. The minimum atomic E-state index is 0.477. The quantitative estimate of drug-likeness (QED) is 0.451. The molecule has 0 radical (unpaired) electrons. The van der Waals surface area contributed by atoms with Crippen molar-refractivity contribution in [3.8, 4) is 0 Å². The lowest BCUT2D eigenvalue weighted by Crippen LogP contribution is -2.13. The van der Waals surface area contributed by atoms with Crippen molar-refractivity contribution in [1.29, 1.82) is 0 Å². The highest BCUT2D eigenvalue weighted by atomic mass is 14.8. The van der Waals surface area contributed by atoms with Crippen LogP contribution in [0.15, 0.2) is 12.2 Å². The second kappa shape index (κ2) is 8.74. The van der Waals surface area contributed by atoms with Gasteiger partial charge in [0.1, 0.15) is 0 Å². The van der Waals surface area contributed by atoms with Crippen LogP contribution < -0.4 is 5.32 Å². The van der Waals surface area contributed by atoms with Gasteiger partial charge in [-0.25, -0.2) is 0 Å². The normalized spacial score (nSPS) is 13.7. The Morgan fingerprint density at radius 1 is 1.18 bits per heavy atom. The maximum Gasteiger partial charge on any atom is -0.00518 e. The highest BCUT2D eigenvalue weighted by Gasteiger charge is 2.15. The molecule has 0 aromatic carbocycles. The van der Waals surface area contributed by atoms with Crippen LogP contribution in [0.1, 0.15) is 66.2 Å². The molecule has 17 heavy (non-hydrogen) atoms. The number of nitrogens with one attached hydrogen (secondary N) is 1. The van der Waals surface area contributed by atoms with E-state index in [4.69, 9.17) is 0 Å². The fraction of sp³-hybridized carbons (Fsp3) is 0.875. The zero-order chi connectivity index (χ0) is 13.3. The van der Waals surface area contributed by atoms with Gasteiger partial charge in [0.2, 0.25) is 0 Å². The number of allylic oxidation sites excluding steroid dienone is 1. The van der Waals surface area contributed by atoms with Gasteiger partial charge in [-0.1, -0.05) is 26.3 Å². The fourth-order valence-electron chi connectivity index (χ4n) is 2.09. The molecule has 0 spiro atoms. The Kier molecular flexibility index (Phi) is 8.59. The summed E-state index contributed by atoms with van der Waals surface area (Å²) in [5.41, 5.74) is 1.81. The first-order valence-corrected chi connectivity index (χ1v) is 7.14. The van der Waals surface area contributed by atoms with Gasteiger partial charge in [-0.15, -0.1) is 6.58 Å². The Morgan fingerprint density at radius 3 is 2.29 bits per heavy atom. The van der Waals surface area contributed by atoms with E-state index in [9.17, 15) is 0 Å². The molecule has 0 aliphatic carbocycles. The van der Waals surface area contributed by atoms with Crippen molar-refractivity contribution < 1.29 is 0 Å². The summed E-state index contributed by atoms with van der Waals surface area (Å²) >= 11 is 0. The van der Waals surface area contributed by atoms with Gasteiger partial charge in [0.05, 0.1) is 0 Å². The molecule has 0 heterocycles. The largest absolute Gasteiger partial charge is 0.320 e. The minimum Gasteiger partial charge on any atom is -0.320 e. The SMILES string of the molecule is C=C(C)CCC(CCCNC)CCC(C)(C)C. The van der Waals surface area contributed by atoms with Crippen LogP contribution in [0.2, 0.25) is 0 Å². The molecular weight excluding hydrogens is 206 g/mol. The van der Waals surface area contributed by atoms with E-state index in [-0.39, 0.29) is 0 Å². The predicted octanol–water partition coefficient (Wildman–Crippen LogP) is 4.78. The van der Waals surface area contributed by atoms with Crippen molar-refractivity contribution in [2.24, 2.45) is 11.3 Å². The molecule has 0 aliphatic rings.